The average molecular weight is 773 g/mol. The first-order chi connectivity index (χ1) is 30.3. The Kier molecular flexibility index (Phi) is 7.26. The van der Waals surface area contributed by atoms with Gasteiger partial charge in [0.05, 0.1) is 16.8 Å². The van der Waals surface area contributed by atoms with Gasteiger partial charge in [0, 0.05) is 22.1 Å². The van der Waals surface area contributed by atoms with Crippen LogP contribution in [0.5, 0.6) is 0 Å². The van der Waals surface area contributed by atoms with Gasteiger partial charge in [0.25, 0.3) is 0 Å². The highest BCUT2D eigenvalue weighted by atomic mass is 14.9. The first-order valence-electron chi connectivity index (χ1n) is 21.1. The second-order valence-electron chi connectivity index (χ2n) is 16.4. The number of hydrogen-bond donors (Lipinski definition) is 0. The van der Waals surface area contributed by atoms with E-state index in [4.69, 9.17) is 9.97 Å². The third-order valence-corrected chi connectivity index (χ3v) is 13.3. The molecule has 2 aliphatic rings. The van der Waals surface area contributed by atoms with Crippen LogP contribution in [0, 0.1) is 0 Å². The molecule has 61 heavy (non-hydrogen) atoms. The Morgan fingerprint density at radius 3 is 1.33 bits per heavy atom. The molecule has 0 saturated carbocycles. The van der Waals surface area contributed by atoms with Crippen LogP contribution < -0.4 is 0 Å². The largest absolute Gasteiger partial charge is 0.228 e. The van der Waals surface area contributed by atoms with Crippen molar-refractivity contribution in [3.8, 4) is 67.3 Å². The van der Waals surface area contributed by atoms with Crippen molar-refractivity contribution in [3.63, 3.8) is 0 Å². The summed E-state index contributed by atoms with van der Waals surface area (Å²) in [5, 5.41) is 7.21. The standard InChI is InChI=1S/C59H36N2/c1-3-16-37(17-4-1)55-36-56(38-18-5-2-6-19-38)61-58(60-55)48-26-15-25-47-42-21-8-7-20-41(42)43-32-30-39(35-50(43)57(47)48)40-31-33-54-49(34-40)46-24-11-14-29-53(46)59(54)51-27-12-9-22-44(51)45-23-10-13-28-52(45)59/h1-36H. The number of aromatic nitrogens is 2. The van der Waals surface area contributed by atoms with Crippen LogP contribution in [0.1, 0.15) is 22.3 Å². The van der Waals surface area contributed by atoms with E-state index in [2.05, 4.69) is 206 Å². The fraction of sp³-hybridized carbons (Fsp3) is 0.0169. The van der Waals surface area contributed by atoms with Gasteiger partial charge >= 0.3 is 0 Å². The fourth-order valence-electron chi connectivity index (χ4n) is 10.7. The molecule has 11 aromatic rings. The van der Waals surface area contributed by atoms with Crippen molar-refractivity contribution in [3.05, 3.63) is 241 Å². The van der Waals surface area contributed by atoms with Crippen LogP contribution >= 0.6 is 0 Å². The van der Waals surface area contributed by atoms with Gasteiger partial charge in [0.15, 0.2) is 5.82 Å². The van der Waals surface area contributed by atoms with Crippen LogP contribution in [0.2, 0.25) is 0 Å². The molecule has 1 spiro atoms. The Hall–Kier alpha value is -7.94. The molecule has 0 aliphatic heterocycles. The normalized spacial score (nSPS) is 13.0. The van der Waals surface area contributed by atoms with Crippen LogP contribution in [0.4, 0.5) is 0 Å². The maximum absolute atomic E-state index is 5.33. The lowest BCUT2D eigenvalue weighted by atomic mass is 9.70. The molecule has 2 heteroatoms. The van der Waals surface area contributed by atoms with Gasteiger partial charge in [-0.05, 0) is 101 Å². The Labute approximate surface area is 354 Å². The topological polar surface area (TPSA) is 25.8 Å². The van der Waals surface area contributed by atoms with E-state index in [0.29, 0.717) is 5.82 Å². The summed E-state index contributed by atoms with van der Waals surface area (Å²) in [6, 6.07) is 79.7. The Morgan fingerprint density at radius 1 is 0.262 bits per heavy atom. The third-order valence-electron chi connectivity index (χ3n) is 13.3. The van der Waals surface area contributed by atoms with Crippen LogP contribution in [0.15, 0.2) is 218 Å². The minimum Gasteiger partial charge on any atom is -0.228 e. The molecule has 1 aromatic heterocycles. The number of nitrogens with zero attached hydrogens (tertiary/aromatic N) is 2. The van der Waals surface area contributed by atoms with Crippen LogP contribution in [0.25, 0.3) is 99.6 Å². The second kappa shape index (κ2) is 13.0. The molecule has 13 rings (SSSR count). The summed E-state index contributed by atoms with van der Waals surface area (Å²) in [7, 11) is 0. The maximum Gasteiger partial charge on any atom is 0.161 e. The number of rotatable bonds is 4. The molecule has 282 valence electrons. The molecule has 2 nitrogen and oxygen atoms in total. The predicted molar refractivity (Wildman–Crippen MR) is 253 cm³/mol. The van der Waals surface area contributed by atoms with Crippen molar-refractivity contribution in [1.29, 1.82) is 0 Å². The molecule has 0 bridgehead atoms. The molecule has 0 saturated heterocycles. The van der Waals surface area contributed by atoms with Gasteiger partial charge in [-0.2, -0.15) is 0 Å². The first kappa shape index (κ1) is 34.0. The van der Waals surface area contributed by atoms with E-state index in [9.17, 15) is 0 Å². The molecule has 0 radical (unpaired) electrons. The van der Waals surface area contributed by atoms with E-state index in [1.165, 1.54) is 82.6 Å². The first-order valence-corrected chi connectivity index (χ1v) is 21.1. The van der Waals surface area contributed by atoms with E-state index in [1.807, 2.05) is 12.1 Å². The van der Waals surface area contributed by atoms with Crippen LogP contribution in [-0.2, 0) is 5.41 Å². The quantitative estimate of drug-likeness (QED) is 0.167. The zero-order chi connectivity index (χ0) is 40.1. The smallest absolute Gasteiger partial charge is 0.161 e. The fourth-order valence-corrected chi connectivity index (χ4v) is 10.7. The minimum absolute atomic E-state index is 0.363. The zero-order valence-corrected chi connectivity index (χ0v) is 33.2. The Bertz CT molecular complexity index is 3480. The Balaban J connectivity index is 1.06. The lowest BCUT2D eigenvalue weighted by Gasteiger charge is -2.30. The molecule has 1 heterocycles. The molecule has 0 unspecified atom stereocenters. The van der Waals surface area contributed by atoms with E-state index < -0.39 is 0 Å². The molecular formula is C59H36N2. The third kappa shape index (κ3) is 4.85. The number of fused-ring (bicyclic) bond motifs is 16. The van der Waals surface area contributed by atoms with Crippen molar-refractivity contribution in [2.75, 3.05) is 0 Å². The molecular weight excluding hydrogens is 737 g/mol. The molecule has 0 N–H and O–H groups in total. The monoisotopic (exact) mass is 772 g/mol. The molecule has 0 fully saturated rings. The van der Waals surface area contributed by atoms with Gasteiger partial charge in [-0.3, -0.25) is 0 Å². The van der Waals surface area contributed by atoms with Crippen LogP contribution in [0.3, 0.4) is 0 Å². The number of benzene rings is 10. The van der Waals surface area contributed by atoms with Gasteiger partial charge in [0.2, 0.25) is 0 Å². The highest BCUT2D eigenvalue weighted by molar-refractivity contribution is 6.28. The van der Waals surface area contributed by atoms with Crippen molar-refractivity contribution in [1.82, 2.24) is 9.97 Å². The minimum atomic E-state index is -0.363. The second-order valence-corrected chi connectivity index (χ2v) is 16.4. The summed E-state index contributed by atoms with van der Waals surface area (Å²) in [5.74, 6) is 0.712. The zero-order valence-electron chi connectivity index (χ0n) is 33.2. The summed E-state index contributed by atoms with van der Waals surface area (Å²) in [5.41, 5.74) is 17.6. The molecule has 0 atom stereocenters. The van der Waals surface area contributed by atoms with Crippen molar-refractivity contribution in [2.24, 2.45) is 0 Å². The summed E-state index contributed by atoms with van der Waals surface area (Å²) in [6.07, 6.45) is 0. The lowest BCUT2D eigenvalue weighted by Crippen LogP contribution is -2.25. The maximum atomic E-state index is 5.33. The summed E-state index contributed by atoms with van der Waals surface area (Å²) in [6.45, 7) is 0. The SMILES string of the molecule is c1ccc(-c2cc(-c3ccccc3)nc(-c3cccc4c5ccccc5c5ccc(-c6ccc7c(c6)-c6ccccc6C76c7ccccc7-c7ccccc76)cc5c34)n2)cc1. The van der Waals surface area contributed by atoms with E-state index in [1.54, 1.807) is 0 Å². The highest BCUT2D eigenvalue weighted by Crippen LogP contribution is 2.63. The van der Waals surface area contributed by atoms with E-state index in [0.717, 1.165) is 33.5 Å². The van der Waals surface area contributed by atoms with Gasteiger partial charge in [-0.15, -0.1) is 0 Å². The average Bonchev–Trinajstić information content (AvgIpc) is 3.81. The summed E-state index contributed by atoms with van der Waals surface area (Å²) >= 11 is 0. The Morgan fingerprint density at radius 2 is 0.705 bits per heavy atom. The highest BCUT2D eigenvalue weighted by Gasteiger charge is 2.51. The summed E-state index contributed by atoms with van der Waals surface area (Å²) < 4.78 is 0. The van der Waals surface area contributed by atoms with Gasteiger partial charge in [0.1, 0.15) is 0 Å². The van der Waals surface area contributed by atoms with E-state index in [-0.39, 0.29) is 5.41 Å². The predicted octanol–water partition coefficient (Wildman–Crippen LogP) is 14.9. The molecule has 2 aliphatic carbocycles. The summed E-state index contributed by atoms with van der Waals surface area (Å²) in [4.78, 5) is 10.7. The van der Waals surface area contributed by atoms with Gasteiger partial charge in [-0.25, -0.2) is 9.97 Å². The lowest BCUT2D eigenvalue weighted by molar-refractivity contribution is 0.794. The molecule has 10 aromatic carbocycles. The van der Waals surface area contributed by atoms with E-state index >= 15 is 0 Å². The van der Waals surface area contributed by atoms with Crippen molar-refractivity contribution < 1.29 is 0 Å². The molecule has 0 amide bonds. The van der Waals surface area contributed by atoms with Crippen molar-refractivity contribution in [2.45, 2.75) is 5.41 Å². The number of hydrogen-bond acceptors (Lipinski definition) is 2. The van der Waals surface area contributed by atoms with Crippen LogP contribution in [-0.4, -0.2) is 9.97 Å². The van der Waals surface area contributed by atoms with Gasteiger partial charge in [-0.1, -0.05) is 200 Å². The van der Waals surface area contributed by atoms with Crippen molar-refractivity contribution >= 4 is 32.3 Å². The van der Waals surface area contributed by atoms with Gasteiger partial charge < -0.3 is 0 Å².